The van der Waals surface area contributed by atoms with Gasteiger partial charge < -0.3 is 20.1 Å². The Morgan fingerprint density at radius 3 is 2.64 bits per heavy atom. The van der Waals surface area contributed by atoms with Gasteiger partial charge in [0.15, 0.2) is 5.11 Å². The van der Waals surface area contributed by atoms with E-state index in [9.17, 15) is 4.79 Å². The molecule has 0 aliphatic carbocycles. The molecule has 1 heterocycles. The largest absolute Gasteiger partial charge is 0.496 e. The van der Waals surface area contributed by atoms with Gasteiger partial charge in [0.2, 0.25) is 0 Å². The summed E-state index contributed by atoms with van der Waals surface area (Å²) in [7, 11) is 1.60. The Morgan fingerprint density at radius 2 is 2.00 bits per heavy atom. The SMILES string of the molecule is COc1ccccc1[C@H]1NC(=S)NC(C)=C1C(=O)OC(C)C. The molecule has 0 radical (unpaired) electrons. The smallest absolute Gasteiger partial charge is 0.338 e. The van der Waals surface area contributed by atoms with E-state index in [1.165, 1.54) is 0 Å². The highest BCUT2D eigenvalue weighted by atomic mass is 32.1. The molecule has 0 aromatic heterocycles. The van der Waals surface area contributed by atoms with Gasteiger partial charge in [-0.1, -0.05) is 18.2 Å². The zero-order valence-corrected chi connectivity index (χ0v) is 13.9. The van der Waals surface area contributed by atoms with Crippen molar-refractivity contribution in [3.8, 4) is 5.75 Å². The second-order valence-electron chi connectivity index (χ2n) is 5.27. The molecule has 5 nitrogen and oxygen atoms in total. The maximum atomic E-state index is 12.5. The lowest BCUT2D eigenvalue weighted by Gasteiger charge is -2.31. The van der Waals surface area contributed by atoms with Crippen LogP contribution in [0, 0.1) is 0 Å². The minimum Gasteiger partial charge on any atom is -0.496 e. The van der Waals surface area contributed by atoms with Gasteiger partial charge in [0.1, 0.15) is 5.75 Å². The first-order chi connectivity index (χ1) is 10.4. The number of para-hydroxylation sites is 1. The van der Waals surface area contributed by atoms with E-state index in [1.54, 1.807) is 7.11 Å². The molecule has 0 saturated carbocycles. The van der Waals surface area contributed by atoms with Crippen LogP contribution >= 0.6 is 12.2 Å². The fourth-order valence-corrected chi connectivity index (χ4v) is 2.65. The average Bonchev–Trinajstić information content (AvgIpc) is 2.45. The third kappa shape index (κ3) is 3.39. The fraction of sp³-hybridized carbons (Fsp3) is 0.375. The zero-order valence-electron chi connectivity index (χ0n) is 13.1. The summed E-state index contributed by atoms with van der Waals surface area (Å²) in [6.45, 7) is 5.45. The number of methoxy groups -OCH3 is 1. The average molecular weight is 320 g/mol. The number of allylic oxidation sites excluding steroid dienone is 1. The van der Waals surface area contributed by atoms with Gasteiger partial charge in [-0.3, -0.25) is 0 Å². The fourth-order valence-electron chi connectivity index (χ4n) is 2.38. The summed E-state index contributed by atoms with van der Waals surface area (Å²) in [4.78, 5) is 12.5. The maximum absolute atomic E-state index is 12.5. The monoisotopic (exact) mass is 320 g/mol. The maximum Gasteiger partial charge on any atom is 0.338 e. The number of esters is 1. The number of ether oxygens (including phenoxy) is 2. The van der Waals surface area contributed by atoms with Crippen LogP contribution in [0.15, 0.2) is 35.5 Å². The van der Waals surface area contributed by atoms with E-state index in [0.29, 0.717) is 22.1 Å². The van der Waals surface area contributed by atoms with Gasteiger partial charge in [0, 0.05) is 11.3 Å². The molecule has 0 amide bonds. The van der Waals surface area contributed by atoms with Gasteiger partial charge in [0.25, 0.3) is 0 Å². The summed E-state index contributed by atoms with van der Waals surface area (Å²) in [6.07, 6.45) is -0.194. The molecule has 1 aromatic rings. The second kappa shape index (κ2) is 6.79. The van der Waals surface area contributed by atoms with E-state index in [4.69, 9.17) is 21.7 Å². The molecule has 1 atom stereocenters. The van der Waals surface area contributed by atoms with Crippen LogP contribution in [0.4, 0.5) is 0 Å². The molecule has 1 aliphatic heterocycles. The predicted molar refractivity (Wildman–Crippen MR) is 88.5 cm³/mol. The van der Waals surface area contributed by atoms with Gasteiger partial charge >= 0.3 is 5.97 Å². The molecular weight excluding hydrogens is 300 g/mol. The van der Waals surface area contributed by atoms with Crippen molar-refractivity contribution in [1.29, 1.82) is 0 Å². The number of benzene rings is 1. The lowest BCUT2D eigenvalue weighted by atomic mass is 9.95. The minimum atomic E-state index is -0.406. The first-order valence-electron chi connectivity index (χ1n) is 7.06. The van der Waals surface area contributed by atoms with Crippen molar-refractivity contribution in [3.05, 3.63) is 41.1 Å². The summed E-state index contributed by atoms with van der Waals surface area (Å²) in [6, 6.07) is 7.12. The van der Waals surface area contributed by atoms with Gasteiger partial charge in [-0.2, -0.15) is 0 Å². The first-order valence-corrected chi connectivity index (χ1v) is 7.47. The number of rotatable bonds is 4. The molecule has 0 fully saturated rings. The summed E-state index contributed by atoms with van der Waals surface area (Å²) < 4.78 is 10.8. The van der Waals surface area contributed by atoms with Crippen LogP contribution in [0.2, 0.25) is 0 Å². The minimum absolute atomic E-state index is 0.194. The highest BCUT2D eigenvalue weighted by Crippen LogP contribution is 2.33. The molecule has 2 rings (SSSR count). The van der Waals surface area contributed by atoms with Crippen molar-refractivity contribution >= 4 is 23.3 Å². The lowest BCUT2D eigenvalue weighted by Crippen LogP contribution is -2.45. The van der Waals surface area contributed by atoms with Crippen LogP contribution in [-0.4, -0.2) is 24.3 Å². The molecule has 0 unspecified atom stereocenters. The van der Waals surface area contributed by atoms with Crippen molar-refractivity contribution in [2.45, 2.75) is 32.9 Å². The molecule has 0 bridgehead atoms. The summed E-state index contributed by atoms with van der Waals surface area (Å²) in [5.74, 6) is 0.318. The Morgan fingerprint density at radius 1 is 1.32 bits per heavy atom. The molecule has 1 aliphatic rings. The highest BCUT2D eigenvalue weighted by Gasteiger charge is 2.32. The Kier molecular flexibility index (Phi) is 5.03. The Balaban J connectivity index is 2.48. The van der Waals surface area contributed by atoms with Gasteiger partial charge in [-0.05, 0) is 39.1 Å². The molecule has 118 valence electrons. The second-order valence-corrected chi connectivity index (χ2v) is 5.67. The molecular formula is C16H20N2O3S. The van der Waals surface area contributed by atoms with Gasteiger partial charge in [-0.15, -0.1) is 0 Å². The lowest BCUT2D eigenvalue weighted by molar-refractivity contribution is -0.143. The standard InChI is InChI=1S/C16H20N2O3S/c1-9(2)21-15(19)13-10(3)17-16(22)18-14(13)11-7-5-6-8-12(11)20-4/h5-9,14H,1-4H3,(H2,17,18,22)/t14-/m1/s1. The molecule has 0 saturated heterocycles. The third-order valence-corrected chi connectivity index (χ3v) is 3.50. The van der Waals surface area contributed by atoms with Crippen LogP contribution < -0.4 is 15.4 Å². The molecule has 0 spiro atoms. The third-order valence-electron chi connectivity index (χ3n) is 3.28. The number of carbonyl (C=O) groups is 1. The van der Waals surface area contributed by atoms with Crippen LogP contribution in [0.25, 0.3) is 0 Å². The van der Waals surface area contributed by atoms with Crippen molar-refractivity contribution in [3.63, 3.8) is 0 Å². The molecule has 22 heavy (non-hydrogen) atoms. The number of hydrogen-bond donors (Lipinski definition) is 2. The van der Waals surface area contributed by atoms with E-state index >= 15 is 0 Å². The van der Waals surface area contributed by atoms with E-state index < -0.39 is 6.04 Å². The first kappa shape index (κ1) is 16.3. The Hall–Kier alpha value is -2.08. The van der Waals surface area contributed by atoms with Crippen molar-refractivity contribution in [2.75, 3.05) is 7.11 Å². The molecule has 6 heteroatoms. The molecule has 1 aromatic carbocycles. The van der Waals surface area contributed by atoms with E-state index in [2.05, 4.69) is 10.6 Å². The topological polar surface area (TPSA) is 59.6 Å². The quantitative estimate of drug-likeness (QED) is 0.656. The van der Waals surface area contributed by atoms with Crippen LogP contribution in [-0.2, 0) is 9.53 Å². The summed E-state index contributed by atoms with van der Waals surface area (Å²) in [5, 5.41) is 6.57. The van der Waals surface area contributed by atoms with E-state index in [1.807, 2.05) is 45.0 Å². The van der Waals surface area contributed by atoms with Crippen LogP contribution in [0.3, 0.4) is 0 Å². The Bertz CT molecular complexity index is 626. The zero-order chi connectivity index (χ0) is 16.3. The molecule has 2 N–H and O–H groups in total. The van der Waals surface area contributed by atoms with Crippen LogP contribution in [0.1, 0.15) is 32.4 Å². The number of carbonyl (C=O) groups excluding carboxylic acids is 1. The van der Waals surface area contributed by atoms with Crippen LogP contribution in [0.5, 0.6) is 5.75 Å². The highest BCUT2D eigenvalue weighted by molar-refractivity contribution is 7.80. The summed E-state index contributed by atoms with van der Waals surface area (Å²) in [5.41, 5.74) is 2.03. The summed E-state index contributed by atoms with van der Waals surface area (Å²) >= 11 is 5.22. The number of hydrogen-bond acceptors (Lipinski definition) is 4. The van der Waals surface area contributed by atoms with Crippen molar-refractivity contribution < 1.29 is 14.3 Å². The van der Waals surface area contributed by atoms with Gasteiger partial charge in [-0.25, -0.2) is 4.79 Å². The predicted octanol–water partition coefficient (Wildman–Crippen LogP) is 2.44. The Labute approximate surface area is 135 Å². The van der Waals surface area contributed by atoms with E-state index in [0.717, 1.165) is 5.56 Å². The van der Waals surface area contributed by atoms with Crippen molar-refractivity contribution in [1.82, 2.24) is 10.6 Å². The normalized spacial score (nSPS) is 17.9. The number of nitrogens with one attached hydrogen (secondary N) is 2. The van der Waals surface area contributed by atoms with E-state index in [-0.39, 0.29) is 12.1 Å². The van der Waals surface area contributed by atoms with Crippen molar-refractivity contribution in [2.24, 2.45) is 0 Å². The van der Waals surface area contributed by atoms with Gasteiger partial charge in [0.05, 0.1) is 24.8 Å². The number of thiocarbonyl (C=S) groups is 1.